The van der Waals surface area contributed by atoms with Crippen LogP contribution in [0.5, 0.6) is 0 Å². The smallest absolute Gasteiger partial charge is 0.0679 e. The molecule has 3 heteroatoms. The van der Waals surface area contributed by atoms with Gasteiger partial charge in [-0.05, 0) is 30.4 Å². The lowest BCUT2D eigenvalue weighted by molar-refractivity contribution is 0.175. The van der Waals surface area contributed by atoms with Gasteiger partial charge in [-0.25, -0.2) is 0 Å². The zero-order chi connectivity index (χ0) is 9.26. The number of aliphatic hydroxyl groups is 1. The molecule has 1 aliphatic rings. The minimum atomic E-state index is -0.0970. The summed E-state index contributed by atoms with van der Waals surface area (Å²) in [5, 5.41) is 11.5. The summed E-state index contributed by atoms with van der Waals surface area (Å²) in [5.41, 5.74) is 1.38. The summed E-state index contributed by atoms with van der Waals surface area (Å²) in [6.45, 7) is 5.05. The second-order valence-corrected chi connectivity index (χ2v) is 4.71. The maximum atomic E-state index is 9.36. The highest BCUT2D eigenvalue weighted by atomic mass is 32.1. The molecule has 0 aromatic carbocycles. The Morgan fingerprint density at radius 1 is 1.69 bits per heavy atom. The van der Waals surface area contributed by atoms with Crippen LogP contribution in [0.2, 0.25) is 0 Å². The van der Waals surface area contributed by atoms with Gasteiger partial charge < -0.3 is 5.11 Å². The molecule has 1 unspecified atom stereocenters. The number of rotatable bonds is 2. The van der Waals surface area contributed by atoms with Crippen LogP contribution >= 0.6 is 11.3 Å². The molecular formula is C10H15NOS. The predicted octanol–water partition coefficient (Wildman–Crippen LogP) is 1.62. The topological polar surface area (TPSA) is 23.5 Å². The second-order valence-electron chi connectivity index (χ2n) is 3.70. The number of hydrogen-bond acceptors (Lipinski definition) is 3. The Bertz CT molecular complexity index is 284. The highest BCUT2D eigenvalue weighted by molar-refractivity contribution is 7.10. The fraction of sp³-hybridized carbons (Fsp3) is 0.600. The van der Waals surface area contributed by atoms with Gasteiger partial charge in [-0.3, -0.25) is 4.90 Å². The Morgan fingerprint density at radius 3 is 3.08 bits per heavy atom. The van der Waals surface area contributed by atoms with E-state index in [-0.39, 0.29) is 6.10 Å². The Balaban J connectivity index is 1.95. The van der Waals surface area contributed by atoms with Gasteiger partial charge in [-0.15, -0.1) is 11.3 Å². The van der Waals surface area contributed by atoms with Gasteiger partial charge in [0, 0.05) is 24.5 Å². The first-order valence-corrected chi connectivity index (χ1v) is 5.57. The van der Waals surface area contributed by atoms with E-state index < -0.39 is 0 Å². The number of β-amino-alcohol motifs (C(OH)–C–C–N with tert-alkyl or cyclic N) is 1. The number of likely N-dealkylation sites (tertiary alicyclic amines) is 1. The maximum absolute atomic E-state index is 9.36. The maximum Gasteiger partial charge on any atom is 0.0679 e. The number of thiophene rings is 1. The molecule has 2 rings (SSSR count). The van der Waals surface area contributed by atoms with Crippen molar-refractivity contribution in [1.82, 2.24) is 4.90 Å². The van der Waals surface area contributed by atoms with Crippen molar-refractivity contribution >= 4 is 11.3 Å². The van der Waals surface area contributed by atoms with Crippen molar-refractivity contribution in [3.63, 3.8) is 0 Å². The summed E-state index contributed by atoms with van der Waals surface area (Å²) in [6.07, 6.45) is 0.838. The van der Waals surface area contributed by atoms with Crippen LogP contribution in [0.25, 0.3) is 0 Å². The molecule has 13 heavy (non-hydrogen) atoms. The molecule has 1 aromatic heterocycles. The van der Waals surface area contributed by atoms with Crippen LogP contribution in [0.15, 0.2) is 11.4 Å². The molecule has 0 aliphatic carbocycles. The molecule has 2 heterocycles. The van der Waals surface area contributed by atoms with E-state index in [9.17, 15) is 5.11 Å². The van der Waals surface area contributed by atoms with Gasteiger partial charge in [0.25, 0.3) is 0 Å². The lowest BCUT2D eigenvalue weighted by Gasteiger charge is -2.13. The van der Waals surface area contributed by atoms with E-state index in [4.69, 9.17) is 0 Å². The lowest BCUT2D eigenvalue weighted by Crippen LogP contribution is -2.21. The fourth-order valence-electron chi connectivity index (χ4n) is 1.72. The van der Waals surface area contributed by atoms with Gasteiger partial charge in [0.1, 0.15) is 0 Å². The first kappa shape index (κ1) is 9.19. The van der Waals surface area contributed by atoms with Gasteiger partial charge in [-0.2, -0.15) is 0 Å². The minimum Gasteiger partial charge on any atom is -0.392 e. The van der Waals surface area contributed by atoms with Crippen molar-refractivity contribution in [2.45, 2.75) is 26.0 Å². The summed E-state index contributed by atoms with van der Waals surface area (Å²) in [6, 6.07) is 2.16. The number of aliphatic hydroxyl groups excluding tert-OH is 1. The normalized spacial score (nSPS) is 24.0. The molecule has 0 amide bonds. The second kappa shape index (κ2) is 3.78. The van der Waals surface area contributed by atoms with Crippen molar-refractivity contribution in [2.75, 3.05) is 13.1 Å². The molecule has 1 aliphatic heterocycles. The van der Waals surface area contributed by atoms with E-state index in [2.05, 4.69) is 23.3 Å². The third-order valence-electron chi connectivity index (χ3n) is 2.58. The van der Waals surface area contributed by atoms with Crippen molar-refractivity contribution in [1.29, 1.82) is 0 Å². The quantitative estimate of drug-likeness (QED) is 0.779. The highest BCUT2D eigenvalue weighted by Crippen LogP contribution is 2.20. The molecule has 0 bridgehead atoms. The standard InChI is InChI=1S/C10H15NOS/c1-8-3-5-13-10(8)7-11-4-2-9(12)6-11/h3,5,9,12H,2,4,6-7H2,1H3. The van der Waals surface area contributed by atoms with Crippen LogP contribution < -0.4 is 0 Å². The molecule has 1 aromatic rings. The van der Waals surface area contributed by atoms with Crippen molar-refractivity contribution in [3.8, 4) is 0 Å². The molecule has 0 spiro atoms. The summed E-state index contributed by atoms with van der Waals surface area (Å²) in [7, 11) is 0. The molecule has 0 radical (unpaired) electrons. The Morgan fingerprint density at radius 2 is 2.54 bits per heavy atom. The van der Waals surface area contributed by atoms with Gasteiger partial charge in [0.2, 0.25) is 0 Å². The summed E-state index contributed by atoms with van der Waals surface area (Å²) < 4.78 is 0. The zero-order valence-corrected chi connectivity index (χ0v) is 8.68. The first-order valence-electron chi connectivity index (χ1n) is 4.69. The van der Waals surface area contributed by atoms with E-state index in [1.807, 2.05) is 11.3 Å². The Labute approximate surface area is 82.8 Å². The predicted molar refractivity (Wildman–Crippen MR) is 55.0 cm³/mol. The SMILES string of the molecule is Cc1ccsc1CN1CCC(O)C1. The van der Waals surface area contributed by atoms with E-state index in [0.717, 1.165) is 26.1 Å². The van der Waals surface area contributed by atoms with Crippen molar-refractivity contribution in [3.05, 3.63) is 21.9 Å². The van der Waals surface area contributed by atoms with Crippen molar-refractivity contribution in [2.24, 2.45) is 0 Å². The summed E-state index contributed by atoms with van der Waals surface area (Å²) in [4.78, 5) is 3.76. The highest BCUT2D eigenvalue weighted by Gasteiger charge is 2.20. The molecule has 72 valence electrons. The molecule has 1 saturated heterocycles. The lowest BCUT2D eigenvalue weighted by atomic mass is 10.3. The zero-order valence-electron chi connectivity index (χ0n) is 7.86. The van der Waals surface area contributed by atoms with Gasteiger partial charge >= 0.3 is 0 Å². The molecule has 0 saturated carbocycles. The van der Waals surface area contributed by atoms with Crippen molar-refractivity contribution < 1.29 is 5.11 Å². The summed E-state index contributed by atoms with van der Waals surface area (Å²) >= 11 is 1.81. The number of hydrogen-bond donors (Lipinski definition) is 1. The van der Waals surface area contributed by atoms with Crippen LogP contribution in [0.3, 0.4) is 0 Å². The molecule has 1 atom stereocenters. The Hall–Kier alpha value is -0.380. The monoisotopic (exact) mass is 197 g/mol. The van der Waals surface area contributed by atoms with Gasteiger partial charge in [0.15, 0.2) is 0 Å². The van der Waals surface area contributed by atoms with Crippen LogP contribution in [-0.4, -0.2) is 29.2 Å². The average molecular weight is 197 g/mol. The van der Waals surface area contributed by atoms with E-state index in [1.165, 1.54) is 10.4 Å². The van der Waals surface area contributed by atoms with Crippen LogP contribution in [0.1, 0.15) is 16.9 Å². The number of aryl methyl sites for hydroxylation is 1. The fourth-order valence-corrected chi connectivity index (χ4v) is 2.67. The number of nitrogens with zero attached hydrogens (tertiary/aromatic N) is 1. The van der Waals surface area contributed by atoms with Gasteiger partial charge in [0.05, 0.1) is 6.10 Å². The molecular weight excluding hydrogens is 182 g/mol. The van der Waals surface area contributed by atoms with E-state index in [1.54, 1.807) is 0 Å². The third kappa shape index (κ3) is 2.10. The largest absolute Gasteiger partial charge is 0.392 e. The van der Waals surface area contributed by atoms with Crippen LogP contribution in [0, 0.1) is 6.92 Å². The van der Waals surface area contributed by atoms with E-state index >= 15 is 0 Å². The van der Waals surface area contributed by atoms with Gasteiger partial charge in [-0.1, -0.05) is 0 Å². The first-order chi connectivity index (χ1) is 6.25. The van der Waals surface area contributed by atoms with Crippen LogP contribution in [-0.2, 0) is 6.54 Å². The minimum absolute atomic E-state index is 0.0970. The van der Waals surface area contributed by atoms with E-state index in [0.29, 0.717) is 0 Å². The third-order valence-corrected chi connectivity index (χ3v) is 3.59. The van der Waals surface area contributed by atoms with Crippen LogP contribution in [0.4, 0.5) is 0 Å². The Kier molecular flexibility index (Phi) is 2.67. The summed E-state index contributed by atoms with van der Waals surface area (Å²) in [5.74, 6) is 0. The average Bonchev–Trinajstić information content (AvgIpc) is 2.64. The molecule has 1 N–H and O–H groups in total. The molecule has 2 nitrogen and oxygen atoms in total. The molecule has 1 fully saturated rings.